The van der Waals surface area contributed by atoms with E-state index in [0.717, 1.165) is 44.5 Å². The SMILES string of the molecule is COC(=O)C12[C@H]3c4ccccc4[C@@H]4[C@@H]5c6ccccc6[C@H]3C1(OC)C5(C(=O)OC)C42OC.COC(=O)C12[C@H]3c4ccccc4[C@@H]4[C@@H]5c6ccccc6[C@H]3C1(OC)C5(C(=O)OC)C42OC. The lowest BCUT2D eigenvalue weighted by atomic mass is 9.05. The highest BCUT2D eigenvalue weighted by atomic mass is 16.6. The van der Waals surface area contributed by atoms with Crippen LogP contribution in [0, 0.1) is 21.7 Å². The minimum atomic E-state index is -1.12. The van der Waals surface area contributed by atoms with E-state index in [1.807, 2.05) is 48.5 Å². The van der Waals surface area contributed by atoms with Crippen LogP contribution in [0.3, 0.4) is 0 Å². The van der Waals surface area contributed by atoms with Gasteiger partial charge in [0.1, 0.15) is 44.1 Å². The Hall–Kier alpha value is -5.40. The molecule has 0 unspecified atom stereocenters. The topological polar surface area (TPSA) is 142 Å². The summed E-state index contributed by atoms with van der Waals surface area (Å²) < 4.78 is 47.3. The fourth-order valence-electron chi connectivity index (χ4n) is 19.3. The lowest BCUT2D eigenvalue weighted by Gasteiger charge is -2.97. The summed E-state index contributed by atoms with van der Waals surface area (Å²) in [7, 11) is 12.1. The number of ether oxygens (including phenoxy) is 8. The van der Waals surface area contributed by atoms with E-state index in [1.165, 1.54) is 28.4 Å². The van der Waals surface area contributed by atoms with E-state index in [0.29, 0.717) is 0 Å². The summed E-state index contributed by atoms with van der Waals surface area (Å²) in [5.41, 5.74) is 0.232. The molecule has 14 rings (SSSR count). The van der Waals surface area contributed by atoms with Crippen molar-refractivity contribution >= 4 is 23.9 Å². The highest BCUT2D eigenvalue weighted by molar-refractivity contribution is 6.05. The third kappa shape index (κ3) is 2.79. The molecule has 12 nitrogen and oxygen atoms in total. The molecule has 0 aromatic heterocycles. The predicted molar refractivity (Wildman–Crippen MR) is 224 cm³/mol. The Balaban J connectivity index is 0.000000129. The summed E-state index contributed by atoms with van der Waals surface area (Å²) >= 11 is 0. The summed E-state index contributed by atoms with van der Waals surface area (Å²) in [5.74, 6) is -3.15. The zero-order valence-electron chi connectivity index (χ0n) is 36.8. The Kier molecular flexibility index (Phi) is 7.02. The Morgan fingerprint density at radius 3 is 0.594 bits per heavy atom. The van der Waals surface area contributed by atoms with Crippen molar-refractivity contribution in [2.45, 2.75) is 69.7 Å². The number of esters is 4. The fraction of sp³-hybridized carbons (Fsp3) is 0.462. The first-order valence-corrected chi connectivity index (χ1v) is 22.0. The van der Waals surface area contributed by atoms with Crippen molar-refractivity contribution in [3.63, 3.8) is 0 Å². The number of carbonyl (C=O) groups is 4. The number of carbonyl (C=O) groups excluding carboxylic acids is 4. The summed E-state index contributed by atoms with van der Waals surface area (Å²) in [5, 5.41) is 0. The van der Waals surface area contributed by atoms with Gasteiger partial charge in [-0.15, -0.1) is 0 Å². The van der Waals surface area contributed by atoms with Crippen LogP contribution in [0.2, 0.25) is 0 Å². The van der Waals surface area contributed by atoms with Gasteiger partial charge in [-0.2, -0.15) is 0 Å². The molecule has 0 spiro atoms. The van der Waals surface area contributed by atoms with Crippen LogP contribution in [0.5, 0.6) is 0 Å². The molecule has 4 aromatic carbocycles. The van der Waals surface area contributed by atoms with Crippen molar-refractivity contribution in [3.8, 4) is 0 Å². The average Bonchev–Trinajstić information content (AvgIpc) is 3.29. The lowest BCUT2D eigenvalue weighted by Crippen LogP contribution is -3.08. The molecular formula is C52H48O12. The van der Waals surface area contributed by atoms with Gasteiger partial charge in [-0.05, 0) is 44.5 Å². The zero-order chi connectivity index (χ0) is 44.5. The molecule has 10 aliphatic carbocycles. The normalized spacial score (nSPS) is 44.6. The van der Waals surface area contributed by atoms with Crippen molar-refractivity contribution in [2.75, 3.05) is 56.9 Å². The predicted octanol–water partition coefficient (Wildman–Crippen LogP) is 5.76. The molecule has 0 N–H and O–H groups in total. The van der Waals surface area contributed by atoms with Gasteiger partial charge in [0.05, 0.1) is 28.4 Å². The molecule has 64 heavy (non-hydrogen) atoms. The van der Waals surface area contributed by atoms with Gasteiger partial charge >= 0.3 is 23.9 Å². The molecular weight excluding hydrogens is 817 g/mol. The van der Waals surface area contributed by atoms with E-state index in [9.17, 15) is 19.2 Å². The molecule has 6 fully saturated rings. The Morgan fingerprint density at radius 1 is 0.297 bits per heavy atom. The second-order valence-electron chi connectivity index (χ2n) is 19.3. The quantitative estimate of drug-likeness (QED) is 0.157. The monoisotopic (exact) mass is 864 g/mol. The number of hydrogen-bond acceptors (Lipinski definition) is 12. The van der Waals surface area contributed by atoms with E-state index in [-0.39, 0.29) is 71.2 Å². The Bertz CT molecular complexity index is 2440. The van der Waals surface area contributed by atoms with E-state index < -0.39 is 44.1 Å². The molecule has 0 amide bonds. The van der Waals surface area contributed by atoms with Crippen molar-refractivity contribution in [1.29, 1.82) is 0 Å². The van der Waals surface area contributed by atoms with Crippen LogP contribution >= 0.6 is 0 Å². The first kappa shape index (κ1) is 39.0. The van der Waals surface area contributed by atoms with Gasteiger partial charge < -0.3 is 37.9 Å². The number of fused-ring (bicyclic) bond motifs is 16. The molecule has 8 atom stereocenters. The smallest absolute Gasteiger partial charge is 0.318 e. The highest BCUT2D eigenvalue weighted by Crippen LogP contribution is 3.04. The number of hydrogen-bond donors (Lipinski definition) is 0. The van der Waals surface area contributed by atoms with Gasteiger partial charge in [0.25, 0.3) is 0 Å². The first-order valence-electron chi connectivity index (χ1n) is 22.0. The number of methoxy groups -OCH3 is 8. The minimum Gasteiger partial charge on any atom is -0.468 e. The van der Waals surface area contributed by atoms with Crippen LogP contribution in [0.25, 0.3) is 0 Å². The number of rotatable bonds is 8. The average molecular weight is 865 g/mol. The maximum absolute atomic E-state index is 13.8. The molecule has 0 radical (unpaired) electrons. The van der Waals surface area contributed by atoms with Gasteiger partial charge in [0, 0.05) is 75.8 Å². The zero-order valence-corrected chi connectivity index (χ0v) is 36.8. The summed E-state index contributed by atoms with van der Waals surface area (Å²) in [4.78, 5) is 55.2. The molecule has 0 aliphatic heterocycles. The molecule has 328 valence electrons. The largest absolute Gasteiger partial charge is 0.468 e. The Labute approximate surface area is 369 Å². The standard InChI is InChI=1S/2C26H24O6/c2*1-29-21(27)23-17-13-9-5-7-11-15(13)20-18-14-10-6-8-12-16(14)19(17)25(23,31-3)24(18,22(28)30-2)26(20,23)32-4/h2*5-12,17-20H,1-4H3/t2*17-,18-,19+,20+,23?,24?,25?,26?/m00/s1. The summed E-state index contributed by atoms with van der Waals surface area (Å²) in [6.45, 7) is 0. The highest BCUT2D eigenvalue weighted by Gasteiger charge is 3.14. The second-order valence-corrected chi connectivity index (χ2v) is 19.3. The summed E-state index contributed by atoms with van der Waals surface area (Å²) in [6.07, 6.45) is 0. The van der Waals surface area contributed by atoms with Crippen LogP contribution < -0.4 is 0 Å². The maximum Gasteiger partial charge on any atom is 0.318 e. The van der Waals surface area contributed by atoms with Crippen molar-refractivity contribution in [3.05, 3.63) is 142 Å². The minimum absolute atomic E-state index is 0.191. The molecule has 10 aliphatic rings. The Morgan fingerprint density at radius 2 is 0.453 bits per heavy atom. The van der Waals surface area contributed by atoms with E-state index >= 15 is 0 Å². The van der Waals surface area contributed by atoms with Crippen molar-refractivity contribution < 1.29 is 57.1 Å². The van der Waals surface area contributed by atoms with Crippen molar-refractivity contribution in [2.24, 2.45) is 21.7 Å². The molecule has 0 heterocycles. The molecule has 4 aromatic rings. The van der Waals surface area contributed by atoms with E-state index in [4.69, 9.17) is 37.9 Å². The van der Waals surface area contributed by atoms with Crippen LogP contribution in [0.1, 0.15) is 91.9 Å². The first-order chi connectivity index (χ1) is 31.1. The van der Waals surface area contributed by atoms with Gasteiger partial charge in [-0.3, -0.25) is 19.2 Å². The van der Waals surface area contributed by atoms with Crippen LogP contribution in [0.15, 0.2) is 97.1 Å². The van der Waals surface area contributed by atoms with Crippen LogP contribution in [0.4, 0.5) is 0 Å². The third-order valence-electron chi connectivity index (χ3n) is 19.6. The molecule has 6 saturated carbocycles. The van der Waals surface area contributed by atoms with Crippen molar-refractivity contribution in [1.82, 2.24) is 0 Å². The van der Waals surface area contributed by atoms with Gasteiger partial charge in [0.2, 0.25) is 0 Å². The second kappa shape index (κ2) is 11.5. The third-order valence-corrected chi connectivity index (χ3v) is 19.6. The van der Waals surface area contributed by atoms with E-state index in [1.54, 1.807) is 28.4 Å². The van der Waals surface area contributed by atoms with Gasteiger partial charge in [-0.1, -0.05) is 97.1 Å². The maximum atomic E-state index is 13.8. The molecule has 0 bridgehead atoms. The summed E-state index contributed by atoms with van der Waals surface area (Å²) in [6, 6.07) is 33.0. The lowest BCUT2D eigenvalue weighted by molar-refractivity contribution is -0.508. The van der Waals surface area contributed by atoms with Crippen LogP contribution in [-0.2, 0) is 57.1 Å². The molecule has 0 saturated heterocycles. The number of benzene rings is 4. The van der Waals surface area contributed by atoms with Gasteiger partial charge in [0.15, 0.2) is 0 Å². The fourth-order valence-corrected chi connectivity index (χ4v) is 19.3. The molecule has 12 heteroatoms. The van der Waals surface area contributed by atoms with Gasteiger partial charge in [-0.25, -0.2) is 0 Å². The van der Waals surface area contributed by atoms with Crippen LogP contribution in [-0.4, -0.2) is 103 Å². The van der Waals surface area contributed by atoms with E-state index in [2.05, 4.69) is 48.5 Å².